The second-order valence-corrected chi connectivity index (χ2v) is 9.09. The van der Waals surface area contributed by atoms with Gasteiger partial charge in [-0.25, -0.2) is 0 Å². The molecule has 0 spiro atoms. The Morgan fingerprint density at radius 2 is 1.47 bits per heavy atom. The lowest BCUT2D eigenvalue weighted by molar-refractivity contribution is 0.174. The van der Waals surface area contributed by atoms with Crippen LogP contribution < -0.4 is 19.4 Å². The fourth-order valence-corrected chi connectivity index (χ4v) is 5.08. The summed E-state index contributed by atoms with van der Waals surface area (Å²) < 4.78 is 11.2. The van der Waals surface area contributed by atoms with Gasteiger partial charge in [-0.05, 0) is 42.0 Å². The number of nitrogens with zero attached hydrogens (tertiary/aromatic N) is 4. The molecule has 174 valence electrons. The first-order valence-electron chi connectivity index (χ1n) is 12.2. The standard InChI is InChI=1S/C28H30N4O2/c1-3-7-24(8-4-1)31-17-15-30(16-18-31)14-13-23-20-26(32(29-23)25-9-5-2-6-10-25)22-11-12-27-28(19-22)34-21-33-27/h1-12,19,26H,13-18,20-21H2. The first kappa shape index (κ1) is 21.1. The molecule has 34 heavy (non-hydrogen) atoms. The van der Waals surface area contributed by atoms with Crippen LogP contribution in [0.5, 0.6) is 11.5 Å². The highest BCUT2D eigenvalue weighted by atomic mass is 16.7. The van der Waals surface area contributed by atoms with E-state index in [1.807, 2.05) is 6.07 Å². The van der Waals surface area contributed by atoms with Crippen LogP contribution in [-0.2, 0) is 0 Å². The van der Waals surface area contributed by atoms with Crippen LogP contribution in [0, 0.1) is 0 Å². The van der Waals surface area contributed by atoms with E-state index < -0.39 is 0 Å². The van der Waals surface area contributed by atoms with E-state index in [0.29, 0.717) is 6.79 Å². The number of rotatable bonds is 6. The van der Waals surface area contributed by atoms with Gasteiger partial charge in [0.1, 0.15) is 0 Å². The van der Waals surface area contributed by atoms with E-state index in [-0.39, 0.29) is 6.04 Å². The van der Waals surface area contributed by atoms with Crippen LogP contribution in [0.4, 0.5) is 11.4 Å². The van der Waals surface area contributed by atoms with Gasteiger partial charge in [-0.2, -0.15) is 5.10 Å². The summed E-state index contributed by atoms with van der Waals surface area (Å²) >= 11 is 0. The molecular formula is C28H30N4O2. The summed E-state index contributed by atoms with van der Waals surface area (Å²) in [6.07, 6.45) is 1.92. The molecule has 1 fully saturated rings. The highest BCUT2D eigenvalue weighted by Gasteiger charge is 2.31. The van der Waals surface area contributed by atoms with Crippen LogP contribution in [0.1, 0.15) is 24.4 Å². The highest BCUT2D eigenvalue weighted by molar-refractivity contribution is 5.89. The number of hydrogen-bond donors (Lipinski definition) is 0. The van der Waals surface area contributed by atoms with Crippen molar-refractivity contribution >= 4 is 17.1 Å². The summed E-state index contributed by atoms with van der Waals surface area (Å²) in [4.78, 5) is 5.05. The Labute approximate surface area is 201 Å². The Hall–Kier alpha value is -3.51. The van der Waals surface area contributed by atoms with Crippen LogP contribution in [0.25, 0.3) is 0 Å². The zero-order valence-corrected chi connectivity index (χ0v) is 19.3. The Balaban J connectivity index is 1.12. The predicted octanol–water partition coefficient (Wildman–Crippen LogP) is 4.94. The fraction of sp³-hybridized carbons (Fsp3) is 0.321. The third kappa shape index (κ3) is 4.33. The maximum Gasteiger partial charge on any atom is 0.231 e. The van der Waals surface area contributed by atoms with Gasteiger partial charge in [0.15, 0.2) is 11.5 Å². The quantitative estimate of drug-likeness (QED) is 0.528. The van der Waals surface area contributed by atoms with Gasteiger partial charge in [-0.3, -0.25) is 9.91 Å². The first-order valence-corrected chi connectivity index (χ1v) is 12.2. The van der Waals surface area contributed by atoms with Crippen LogP contribution in [-0.4, -0.2) is 50.1 Å². The lowest BCUT2D eigenvalue weighted by Crippen LogP contribution is -2.46. The molecule has 6 heteroatoms. The molecule has 0 bridgehead atoms. The molecule has 0 aliphatic carbocycles. The summed E-state index contributed by atoms with van der Waals surface area (Å²) in [6.45, 7) is 5.69. The lowest BCUT2D eigenvalue weighted by Gasteiger charge is -2.36. The third-order valence-electron chi connectivity index (χ3n) is 6.99. The number of ether oxygens (including phenoxy) is 2. The van der Waals surface area contributed by atoms with Crippen LogP contribution >= 0.6 is 0 Å². The molecule has 1 saturated heterocycles. The molecule has 0 N–H and O–H groups in total. The molecule has 3 aromatic rings. The molecule has 3 aliphatic rings. The zero-order valence-electron chi connectivity index (χ0n) is 19.3. The van der Waals surface area contributed by atoms with Gasteiger partial charge in [0, 0.05) is 57.0 Å². The predicted molar refractivity (Wildman–Crippen MR) is 136 cm³/mol. The molecular weight excluding hydrogens is 424 g/mol. The number of hydrogen-bond acceptors (Lipinski definition) is 6. The summed E-state index contributed by atoms with van der Waals surface area (Å²) in [6, 6.07) is 27.7. The average molecular weight is 455 g/mol. The zero-order chi connectivity index (χ0) is 22.7. The maximum atomic E-state index is 5.65. The summed E-state index contributed by atoms with van der Waals surface area (Å²) in [5.41, 5.74) is 4.92. The van der Waals surface area contributed by atoms with Crippen molar-refractivity contribution in [1.82, 2.24) is 4.90 Å². The number of piperazine rings is 1. The third-order valence-corrected chi connectivity index (χ3v) is 6.99. The first-order chi connectivity index (χ1) is 16.8. The molecule has 0 amide bonds. The molecule has 3 heterocycles. The number of benzene rings is 3. The van der Waals surface area contributed by atoms with Crippen LogP contribution in [0.3, 0.4) is 0 Å². The van der Waals surface area contributed by atoms with Crippen LogP contribution in [0.15, 0.2) is 84.0 Å². The van der Waals surface area contributed by atoms with E-state index in [2.05, 4.69) is 87.6 Å². The van der Waals surface area contributed by atoms with Gasteiger partial charge < -0.3 is 14.4 Å². The van der Waals surface area contributed by atoms with Gasteiger partial charge in [0.25, 0.3) is 0 Å². The summed E-state index contributed by atoms with van der Waals surface area (Å²) in [7, 11) is 0. The number of anilines is 2. The maximum absolute atomic E-state index is 5.65. The van der Waals surface area contributed by atoms with Gasteiger partial charge in [-0.1, -0.05) is 42.5 Å². The highest BCUT2D eigenvalue weighted by Crippen LogP contribution is 2.40. The topological polar surface area (TPSA) is 40.5 Å². The van der Waals surface area contributed by atoms with Crippen molar-refractivity contribution in [1.29, 1.82) is 0 Å². The van der Waals surface area contributed by atoms with Crippen molar-refractivity contribution in [2.45, 2.75) is 18.9 Å². The minimum absolute atomic E-state index is 0.168. The van der Waals surface area contributed by atoms with Crippen molar-refractivity contribution in [3.8, 4) is 11.5 Å². The van der Waals surface area contributed by atoms with Crippen molar-refractivity contribution in [2.24, 2.45) is 5.10 Å². The molecule has 0 saturated carbocycles. The van der Waals surface area contributed by atoms with Crippen LogP contribution in [0.2, 0.25) is 0 Å². The number of hydrazone groups is 1. The largest absolute Gasteiger partial charge is 0.454 e. The molecule has 0 radical (unpaired) electrons. The molecule has 0 aromatic heterocycles. The fourth-order valence-electron chi connectivity index (χ4n) is 5.08. The summed E-state index contributed by atoms with van der Waals surface area (Å²) in [5, 5.41) is 7.28. The smallest absolute Gasteiger partial charge is 0.231 e. The van der Waals surface area contributed by atoms with Crippen molar-refractivity contribution in [2.75, 3.05) is 49.4 Å². The molecule has 6 rings (SSSR count). The monoisotopic (exact) mass is 454 g/mol. The number of fused-ring (bicyclic) bond motifs is 1. The van der Waals surface area contributed by atoms with E-state index in [0.717, 1.165) is 62.8 Å². The van der Waals surface area contributed by atoms with Gasteiger partial charge >= 0.3 is 0 Å². The van der Waals surface area contributed by atoms with E-state index in [1.165, 1.54) is 17.0 Å². The SMILES string of the molecule is c1ccc(N2CCN(CCC3=NN(c4ccccc4)C(c4ccc5c(c4)OCO5)C3)CC2)cc1. The van der Waals surface area contributed by atoms with E-state index >= 15 is 0 Å². The van der Waals surface area contributed by atoms with E-state index in [4.69, 9.17) is 14.6 Å². The lowest BCUT2D eigenvalue weighted by atomic mass is 9.99. The Bertz CT molecular complexity index is 1140. The Morgan fingerprint density at radius 3 is 2.24 bits per heavy atom. The second kappa shape index (κ2) is 9.39. The molecule has 1 unspecified atom stereocenters. The van der Waals surface area contributed by atoms with Gasteiger partial charge in [0.05, 0.1) is 11.7 Å². The normalized spacial score (nSPS) is 20.0. The molecule has 1 atom stereocenters. The Kier molecular flexibility index (Phi) is 5.81. The Morgan fingerprint density at radius 1 is 0.765 bits per heavy atom. The summed E-state index contributed by atoms with van der Waals surface area (Å²) in [5.74, 6) is 1.65. The minimum Gasteiger partial charge on any atom is -0.454 e. The van der Waals surface area contributed by atoms with Crippen molar-refractivity contribution < 1.29 is 9.47 Å². The van der Waals surface area contributed by atoms with Gasteiger partial charge in [0.2, 0.25) is 6.79 Å². The van der Waals surface area contributed by atoms with E-state index in [9.17, 15) is 0 Å². The van der Waals surface area contributed by atoms with Crippen molar-refractivity contribution in [3.05, 3.63) is 84.4 Å². The van der Waals surface area contributed by atoms with Gasteiger partial charge in [-0.15, -0.1) is 0 Å². The number of para-hydroxylation sites is 2. The second-order valence-electron chi connectivity index (χ2n) is 9.09. The minimum atomic E-state index is 0.168. The molecule has 6 nitrogen and oxygen atoms in total. The van der Waals surface area contributed by atoms with E-state index in [1.54, 1.807) is 0 Å². The molecule has 3 aliphatic heterocycles. The average Bonchev–Trinajstić information content (AvgIpc) is 3.56. The van der Waals surface area contributed by atoms with Crippen molar-refractivity contribution in [3.63, 3.8) is 0 Å². The molecule has 3 aromatic carbocycles.